The van der Waals surface area contributed by atoms with Crippen molar-refractivity contribution in [1.82, 2.24) is 19.4 Å². The Balaban J connectivity index is 2.07. The molecule has 0 amide bonds. The summed E-state index contributed by atoms with van der Waals surface area (Å²) in [7, 11) is 4.17. The molecular weight excluding hydrogens is 232 g/mol. The van der Waals surface area contributed by atoms with Crippen molar-refractivity contribution in [3.8, 4) is 0 Å². The first kappa shape index (κ1) is 12.3. The highest BCUT2D eigenvalue weighted by molar-refractivity contribution is 7.09. The van der Waals surface area contributed by atoms with E-state index in [2.05, 4.69) is 40.5 Å². The molecule has 0 saturated heterocycles. The molecule has 2 rings (SSSR count). The lowest BCUT2D eigenvalue weighted by Gasteiger charge is -2.22. The molecule has 2 aromatic heterocycles. The minimum Gasteiger partial charge on any atom is -0.334 e. The van der Waals surface area contributed by atoms with E-state index < -0.39 is 0 Å². The highest BCUT2D eigenvalue weighted by Gasteiger charge is 2.15. The molecule has 0 spiro atoms. The van der Waals surface area contributed by atoms with Gasteiger partial charge in [0.25, 0.3) is 0 Å². The van der Waals surface area contributed by atoms with E-state index in [1.54, 1.807) is 11.3 Å². The molecule has 4 nitrogen and oxygen atoms in total. The van der Waals surface area contributed by atoms with Gasteiger partial charge in [0, 0.05) is 31.4 Å². The molecule has 17 heavy (non-hydrogen) atoms. The lowest BCUT2D eigenvalue weighted by molar-refractivity contribution is 0.247. The Kier molecular flexibility index (Phi) is 3.59. The van der Waals surface area contributed by atoms with E-state index in [4.69, 9.17) is 0 Å². The number of aryl methyl sites for hydroxylation is 1. The first-order chi connectivity index (χ1) is 8.09. The second kappa shape index (κ2) is 4.98. The second-order valence-electron chi connectivity index (χ2n) is 4.32. The van der Waals surface area contributed by atoms with Gasteiger partial charge in [-0.1, -0.05) is 0 Å². The Bertz CT molecular complexity index is 475. The van der Waals surface area contributed by atoms with Crippen molar-refractivity contribution < 1.29 is 0 Å². The zero-order valence-electron chi connectivity index (χ0n) is 10.7. The van der Waals surface area contributed by atoms with Crippen LogP contribution in [0.5, 0.6) is 0 Å². The zero-order valence-corrected chi connectivity index (χ0v) is 11.5. The predicted molar refractivity (Wildman–Crippen MR) is 69.9 cm³/mol. The summed E-state index contributed by atoms with van der Waals surface area (Å²) in [5, 5.41) is 3.18. The third kappa shape index (κ3) is 2.56. The number of hydrogen-bond acceptors (Lipinski definition) is 4. The van der Waals surface area contributed by atoms with E-state index in [9.17, 15) is 0 Å². The van der Waals surface area contributed by atoms with Crippen LogP contribution in [0, 0.1) is 6.92 Å². The standard InChI is InChI=1S/C12H18N4S/c1-9(12-13-5-6-17-12)15(3)8-11-7-14-10(2)16(11)4/h5-7,9H,8H2,1-4H3/t9-/m1/s1. The van der Waals surface area contributed by atoms with Gasteiger partial charge in [0.2, 0.25) is 0 Å². The summed E-state index contributed by atoms with van der Waals surface area (Å²) < 4.78 is 2.13. The fourth-order valence-corrected chi connectivity index (χ4v) is 2.48. The highest BCUT2D eigenvalue weighted by atomic mass is 32.1. The molecular formula is C12H18N4S. The summed E-state index contributed by atoms with van der Waals surface area (Å²) in [6.07, 6.45) is 3.80. The Labute approximate surface area is 106 Å². The van der Waals surface area contributed by atoms with E-state index in [1.165, 1.54) is 5.69 Å². The SMILES string of the molecule is Cc1ncc(CN(C)[C@H](C)c2nccs2)n1C. The average Bonchev–Trinajstić information content (AvgIpc) is 2.93. The maximum atomic E-state index is 4.36. The van der Waals surface area contributed by atoms with Crippen molar-refractivity contribution in [2.24, 2.45) is 7.05 Å². The van der Waals surface area contributed by atoms with Crippen LogP contribution >= 0.6 is 11.3 Å². The van der Waals surface area contributed by atoms with Gasteiger partial charge >= 0.3 is 0 Å². The van der Waals surface area contributed by atoms with E-state index in [0.29, 0.717) is 6.04 Å². The normalized spacial score (nSPS) is 13.2. The number of thiazole rings is 1. The van der Waals surface area contributed by atoms with Crippen LogP contribution in [0.15, 0.2) is 17.8 Å². The molecule has 0 aliphatic carbocycles. The van der Waals surface area contributed by atoms with Crippen LogP contribution in [0.4, 0.5) is 0 Å². The summed E-state index contributed by atoms with van der Waals surface area (Å²) >= 11 is 1.70. The minimum absolute atomic E-state index is 0.338. The van der Waals surface area contributed by atoms with E-state index in [-0.39, 0.29) is 0 Å². The van der Waals surface area contributed by atoms with Crippen molar-refractivity contribution in [2.45, 2.75) is 26.4 Å². The average molecular weight is 250 g/mol. The summed E-state index contributed by atoms with van der Waals surface area (Å²) in [5.74, 6) is 1.05. The van der Waals surface area contributed by atoms with E-state index in [1.807, 2.05) is 24.7 Å². The van der Waals surface area contributed by atoms with Gasteiger partial charge in [-0.2, -0.15) is 0 Å². The molecule has 0 saturated carbocycles. The molecule has 2 heterocycles. The molecule has 1 atom stereocenters. The molecule has 5 heteroatoms. The Morgan fingerprint density at radius 2 is 2.24 bits per heavy atom. The second-order valence-corrected chi connectivity index (χ2v) is 5.24. The first-order valence-corrected chi connectivity index (χ1v) is 6.54. The van der Waals surface area contributed by atoms with Crippen LogP contribution in [0.1, 0.15) is 29.5 Å². The van der Waals surface area contributed by atoms with E-state index in [0.717, 1.165) is 17.4 Å². The zero-order chi connectivity index (χ0) is 12.4. The third-order valence-corrected chi connectivity index (χ3v) is 4.14. The highest BCUT2D eigenvalue weighted by Crippen LogP contribution is 2.22. The van der Waals surface area contributed by atoms with Gasteiger partial charge in [-0.05, 0) is 20.9 Å². The molecule has 0 bridgehead atoms. The van der Waals surface area contributed by atoms with Crippen molar-refractivity contribution in [3.05, 3.63) is 34.3 Å². The molecule has 0 N–H and O–H groups in total. The predicted octanol–water partition coefficient (Wildman–Crippen LogP) is 2.38. The lowest BCUT2D eigenvalue weighted by atomic mass is 10.3. The molecule has 92 valence electrons. The van der Waals surface area contributed by atoms with Crippen LogP contribution in [0.2, 0.25) is 0 Å². The van der Waals surface area contributed by atoms with Gasteiger partial charge in [0.05, 0.1) is 11.7 Å². The smallest absolute Gasteiger partial charge is 0.109 e. The van der Waals surface area contributed by atoms with Crippen molar-refractivity contribution in [2.75, 3.05) is 7.05 Å². The first-order valence-electron chi connectivity index (χ1n) is 5.66. The van der Waals surface area contributed by atoms with Crippen molar-refractivity contribution >= 4 is 11.3 Å². The van der Waals surface area contributed by atoms with Crippen molar-refractivity contribution in [3.63, 3.8) is 0 Å². The molecule has 0 aliphatic rings. The quantitative estimate of drug-likeness (QED) is 0.835. The van der Waals surface area contributed by atoms with Gasteiger partial charge in [-0.15, -0.1) is 11.3 Å². The largest absolute Gasteiger partial charge is 0.334 e. The van der Waals surface area contributed by atoms with Crippen LogP contribution in [0.25, 0.3) is 0 Å². The van der Waals surface area contributed by atoms with E-state index >= 15 is 0 Å². The topological polar surface area (TPSA) is 34.0 Å². The Morgan fingerprint density at radius 1 is 1.47 bits per heavy atom. The van der Waals surface area contributed by atoms with Crippen LogP contribution in [-0.2, 0) is 13.6 Å². The van der Waals surface area contributed by atoms with Crippen LogP contribution < -0.4 is 0 Å². The van der Waals surface area contributed by atoms with Crippen LogP contribution in [-0.4, -0.2) is 26.5 Å². The van der Waals surface area contributed by atoms with Gasteiger partial charge in [-0.3, -0.25) is 4.90 Å². The molecule has 0 fully saturated rings. The summed E-state index contributed by atoms with van der Waals surface area (Å²) in [6.45, 7) is 5.09. The minimum atomic E-state index is 0.338. The molecule has 0 radical (unpaired) electrons. The van der Waals surface area contributed by atoms with Gasteiger partial charge in [0.15, 0.2) is 0 Å². The Hall–Kier alpha value is -1.20. The summed E-state index contributed by atoms with van der Waals surface area (Å²) in [5.41, 5.74) is 1.23. The van der Waals surface area contributed by atoms with Crippen molar-refractivity contribution in [1.29, 1.82) is 0 Å². The summed E-state index contributed by atoms with van der Waals surface area (Å²) in [4.78, 5) is 11.0. The number of imidazole rings is 1. The number of rotatable bonds is 4. The number of nitrogens with zero attached hydrogens (tertiary/aromatic N) is 4. The summed E-state index contributed by atoms with van der Waals surface area (Å²) in [6, 6.07) is 0.338. The molecule has 0 unspecified atom stereocenters. The lowest BCUT2D eigenvalue weighted by Crippen LogP contribution is -2.23. The van der Waals surface area contributed by atoms with Gasteiger partial charge in [-0.25, -0.2) is 9.97 Å². The number of aromatic nitrogens is 3. The van der Waals surface area contributed by atoms with Gasteiger partial charge < -0.3 is 4.57 Å². The van der Waals surface area contributed by atoms with Gasteiger partial charge in [0.1, 0.15) is 10.8 Å². The van der Waals surface area contributed by atoms with Crippen LogP contribution in [0.3, 0.4) is 0 Å². The fraction of sp³-hybridized carbons (Fsp3) is 0.500. The Morgan fingerprint density at radius 3 is 2.76 bits per heavy atom. The molecule has 2 aromatic rings. The molecule has 0 aromatic carbocycles. The number of hydrogen-bond donors (Lipinski definition) is 0. The maximum Gasteiger partial charge on any atom is 0.109 e. The monoisotopic (exact) mass is 250 g/mol. The maximum absolute atomic E-state index is 4.36. The fourth-order valence-electron chi connectivity index (χ4n) is 1.72. The molecule has 0 aliphatic heterocycles. The third-order valence-electron chi connectivity index (χ3n) is 3.20.